The largest absolute Gasteiger partial charge is 0.450 e. The number of halogens is 2. The van der Waals surface area contributed by atoms with E-state index in [2.05, 4.69) is 5.32 Å². The molecule has 0 spiro atoms. The molecule has 1 rings (SSSR count). The molecule has 0 bridgehead atoms. The number of benzene rings is 1. The van der Waals surface area contributed by atoms with E-state index >= 15 is 0 Å². The maximum absolute atomic E-state index is 11.1. The predicted octanol–water partition coefficient (Wildman–Crippen LogP) is 3.65. The number of nitrogens with zero attached hydrogens (tertiary/aromatic N) is 1. The Kier molecular flexibility index (Phi) is 6.20. The van der Waals surface area contributed by atoms with Crippen LogP contribution in [0, 0.1) is 11.3 Å². The summed E-state index contributed by atoms with van der Waals surface area (Å²) in [5, 5.41) is 12.3. The number of nitrogens with one attached hydrogen (secondary N) is 1. The molecular weight excluding hydrogens is 287 g/mol. The molecule has 1 N–H and O–H groups in total. The van der Waals surface area contributed by atoms with Crippen LogP contribution in [0.4, 0.5) is 4.79 Å². The summed E-state index contributed by atoms with van der Waals surface area (Å²) < 4.78 is 4.70. The highest BCUT2D eigenvalue weighted by Gasteiger charge is 2.03. The van der Waals surface area contributed by atoms with Gasteiger partial charge < -0.3 is 10.1 Å². The first-order valence-electron chi connectivity index (χ1n) is 5.53. The molecule has 100 valence electrons. The molecule has 0 unspecified atom stereocenters. The fraction of sp³-hybridized carbons (Fsp3) is 0.231. The van der Waals surface area contributed by atoms with Crippen molar-refractivity contribution in [2.45, 2.75) is 6.92 Å². The topological polar surface area (TPSA) is 62.1 Å². The molecule has 4 nitrogen and oxygen atoms in total. The van der Waals surface area contributed by atoms with Crippen molar-refractivity contribution in [2.24, 2.45) is 0 Å². The van der Waals surface area contributed by atoms with Crippen molar-refractivity contribution in [3.8, 4) is 6.07 Å². The van der Waals surface area contributed by atoms with Crippen molar-refractivity contribution >= 4 is 35.4 Å². The molecular formula is C13H12Cl2N2O2. The van der Waals surface area contributed by atoms with Crippen LogP contribution in [0.5, 0.6) is 0 Å². The van der Waals surface area contributed by atoms with Gasteiger partial charge in [-0.05, 0) is 30.7 Å². The van der Waals surface area contributed by atoms with Gasteiger partial charge >= 0.3 is 6.09 Å². The van der Waals surface area contributed by atoms with E-state index in [-0.39, 0.29) is 13.2 Å². The Morgan fingerprint density at radius 3 is 2.79 bits per heavy atom. The maximum atomic E-state index is 11.1. The molecule has 0 aliphatic rings. The Balaban J connectivity index is 2.74. The van der Waals surface area contributed by atoms with E-state index in [0.29, 0.717) is 15.6 Å². The third kappa shape index (κ3) is 5.21. The van der Waals surface area contributed by atoms with Crippen molar-refractivity contribution in [1.29, 1.82) is 5.26 Å². The van der Waals surface area contributed by atoms with Gasteiger partial charge in [0.1, 0.15) is 0 Å². The van der Waals surface area contributed by atoms with E-state index in [1.165, 1.54) is 0 Å². The Bertz CT molecular complexity index is 536. The minimum absolute atomic E-state index is 0.0928. The van der Waals surface area contributed by atoms with Crippen molar-refractivity contribution in [3.63, 3.8) is 0 Å². The van der Waals surface area contributed by atoms with Gasteiger partial charge in [-0.2, -0.15) is 5.26 Å². The monoisotopic (exact) mass is 298 g/mol. The van der Waals surface area contributed by atoms with Gasteiger partial charge in [-0.15, -0.1) is 0 Å². The third-order valence-corrected chi connectivity index (χ3v) is 2.87. The molecule has 0 saturated carbocycles. The summed E-state index contributed by atoms with van der Waals surface area (Å²) in [5.74, 6) is 0. The summed E-state index contributed by atoms with van der Waals surface area (Å²) in [6.45, 7) is 2.08. The van der Waals surface area contributed by atoms with Crippen LogP contribution in [0.2, 0.25) is 10.0 Å². The average Bonchev–Trinajstić information content (AvgIpc) is 2.39. The summed E-state index contributed by atoms with van der Waals surface area (Å²) >= 11 is 11.7. The minimum atomic E-state index is -0.558. The van der Waals surface area contributed by atoms with Crippen LogP contribution in [0.15, 0.2) is 23.8 Å². The van der Waals surface area contributed by atoms with Crippen molar-refractivity contribution in [3.05, 3.63) is 39.4 Å². The number of carbonyl (C=O) groups is 1. The molecule has 0 saturated heterocycles. The second-order valence-corrected chi connectivity index (χ2v) is 4.34. The van der Waals surface area contributed by atoms with E-state index in [1.54, 1.807) is 31.2 Å². The number of alkyl carbamates (subject to hydrolysis) is 1. The summed E-state index contributed by atoms with van der Waals surface area (Å²) in [7, 11) is 0. The molecule has 0 aliphatic carbocycles. The number of hydrogen-bond donors (Lipinski definition) is 1. The lowest BCUT2D eigenvalue weighted by atomic mass is 10.1. The second-order valence-electron chi connectivity index (χ2n) is 3.53. The molecule has 0 aromatic heterocycles. The Morgan fingerprint density at radius 2 is 2.21 bits per heavy atom. The van der Waals surface area contributed by atoms with Crippen molar-refractivity contribution < 1.29 is 9.53 Å². The first kappa shape index (κ1) is 15.4. The van der Waals surface area contributed by atoms with E-state index in [1.807, 2.05) is 6.07 Å². The van der Waals surface area contributed by atoms with Crippen LogP contribution in [0.25, 0.3) is 6.08 Å². The van der Waals surface area contributed by atoms with Gasteiger partial charge in [-0.3, -0.25) is 0 Å². The van der Waals surface area contributed by atoms with Crippen LogP contribution >= 0.6 is 23.2 Å². The first-order chi connectivity index (χ1) is 9.06. The second kappa shape index (κ2) is 7.67. The Morgan fingerprint density at radius 1 is 1.47 bits per heavy atom. The smallest absolute Gasteiger partial charge is 0.407 e. The SMILES string of the molecule is CCOC(=O)NC/C(C#N)=C/c1ccc(Cl)c(Cl)c1. The van der Waals surface area contributed by atoms with Crippen molar-refractivity contribution in [2.75, 3.05) is 13.2 Å². The van der Waals surface area contributed by atoms with E-state index < -0.39 is 6.09 Å². The summed E-state index contributed by atoms with van der Waals surface area (Å²) in [6.07, 6.45) is 1.06. The van der Waals surface area contributed by atoms with Gasteiger partial charge in [0, 0.05) is 5.57 Å². The molecule has 0 aliphatic heterocycles. The Labute approximate surface area is 121 Å². The van der Waals surface area contributed by atoms with Crippen LogP contribution in [-0.4, -0.2) is 19.2 Å². The fourth-order valence-electron chi connectivity index (χ4n) is 1.28. The highest BCUT2D eigenvalue weighted by atomic mass is 35.5. The lowest BCUT2D eigenvalue weighted by Gasteiger charge is -2.04. The lowest BCUT2D eigenvalue weighted by Crippen LogP contribution is -2.26. The molecule has 0 heterocycles. The van der Waals surface area contributed by atoms with Gasteiger partial charge in [0.2, 0.25) is 0 Å². The van der Waals surface area contributed by atoms with E-state index in [4.69, 9.17) is 33.2 Å². The van der Waals surface area contributed by atoms with Crippen LogP contribution in [0.3, 0.4) is 0 Å². The maximum Gasteiger partial charge on any atom is 0.407 e. The normalized spacial score (nSPS) is 10.7. The highest BCUT2D eigenvalue weighted by molar-refractivity contribution is 6.42. The zero-order chi connectivity index (χ0) is 14.3. The minimum Gasteiger partial charge on any atom is -0.450 e. The number of amides is 1. The zero-order valence-corrected chi connectivity index (χ0v) is 11.8. The number of rotatable bonds is 4. The van der Waals surface area contributed by atoms with Gasteiger partial charge in [0.05, 0.1) is 29.3 Å². The fourth-order valence-corrected chi connectivity index (χ4v) is 1.58. The van der Waals surface area contributed by atoms with Gasteiger partial charge in [0.25, 0.3) is 0 Å². The molecule has 6 heteroatoms. The van der Waals surface area contributed by atoms with Crippen molar-refractivity contribution in [1.82, 2.24) is 5.32 Å². The zero-order valence-electron chi connectivity index (χ0n) is 10.2. The first-order valence-corrected chi connectivity index (χ1v) is 6.28. The quantitative estimate of drug-likeness (QED) is 0.863. The number of hydrogen-bond acceptors (Lipinski definition) is 3. The van der Waals surface area contributed by atoms with Crippen LogP contribution < -0.4 is 5.32 Å². The van der Waals surface area contributed by atoms with Gasteiger partial charge in [-0.1, -0.05) is 29.3 Å². The number of carbonyl (C=O) groups excluding carboxylic acids is 1. The summed E-state index contributed by atoms with van der Waals surface area (Å²) in [6, 6.07) is 7.02. The molecule has 1 amide bonds. The van der Waals surface area contributed by atoms with Crippen LogP contribution in [0.1, 0.15) is 12.5 Å². The summed E-state index contributed by atoms with van der Waals surface area (Å²) in [4.78, 5) is 11.1. The average molecular weight is 299 g/mol. The standard InChI is InChI=1S/C13H12Cl2N2O2/c1-2-19-13(18)17-8-10(7-16)5-9-3-4-11(14)12(15)6-9/h3-6H,2,8H2,1H3,(H,17,18)/b10-5+. The molecule has 0 radical (unpaired) electrons. The predicted molar refractivity (Wildman–Crippen MR) is 75.1 cm³/mol. The molecule has 1 aromatic carbocycles. The Hall–Kier alpha value is -1.70. The number of nitriles is 1. The molecule has 19 heavy (non-hydrogen) atoms. The molecule has 0 fully saturated rings. The lowest BCUT2D eigenvalue weighted by molar-refractivity contribution is 0.153. The molecule has 0 atom stereocenters. The van der Waals surface area contributed by atoms with Gasteiger partial charge in [-0.25, -0.2) is 4.79 Å². The number of ether oxygens (including phenoxy) is 1. The highest BCUT2D eigenvalue weighted by Crippen LogP contribution is 2.23. The summed E-state index contributed by atoms with van der Waals surface area (Å²) in [5.41, 5.74) is 1.11. The third-order valence-electron chi connectivity index (χ3n) is 2.13. The van der Waals surface area contributed by atoms with Crippen LogP contribution in [-0.2, 0) is 4.74 Å². The van der Waals surface area contributed by atoms with E-state index in [0.717, 1.165) is 5.56 Å². The molecule has 1 aromatic rings. The van der Waals surface area contributed by atoms with E-state index in [9.17, 15) is 4.79 Å². The van der Waals surface area contributed by atoms with Gasteiger partial charge in [0.15, 0.2) is 0 Å².